The first-order chi connectivity index (χ1) is 10.6. The summed E-state index contributed by atoms with van der Waals surface area (Å²) >= 11 is 0. The average molecular weight is 298 g/mol. The third kappa shape index (κ3) is 3.86. The zero-order chi connectivity index (χ0) is 15.9. The van der Waals surface area contributed by atoms with Crippen LogP contribution in [-0.4, -0.2) is 28.7 Å². The minimum absolute atomic E-state index is 0.0855. The molecule has 4 heteroatoms. The van der Waals surface area contributed by atoms with E-state index in [2.05, 4.69) is 35.0 Å². The van der Waals surface area contributed by atoms with Crippen LogP contribution in [0.15, 0.2) is 42.5 Å². The molecule has 0 saturated carbocycles. The molecular weight excluding hydrogens is 276 g/mol. The van der Waals surface area contributed by atoms with E-state index in [1.54, 1.807) is 0 Å². The van der Waals surface area contributed by atoms with E-state index in [0.717, 1.165) is 22.6 Å². The van der Waals surface area contributed by atoms with Crippen molar-refractivity contribution in [1.82, 2.24) is 9.88 Å². The largest absolute Gasteiger partial charge is 0.396 e. The highest BCUT2D eigenvalue weighted by molar-refractivity contribution is 5.91. The van der Waals surface area contributed by atoms with Gasteiger partial charge in [-0.3, -0.25) is 4.79 Å². The van der Waals surface area contributed by atoms with E-state index in [1.807, 2.05) is 31.2 Å². The molecule has 4 nitrogen and oxygen atoms in total. The molecule has 1 heterocycles. The molecule has 0 fully saturated rings. The zero-order valence-electron chi connectivity index (χ0n) is 13.0. The molecule has 1 aromatic carbocycles. The Morgan fingerprint density at radius 1 is 1.27 bits per heavy atom. The zero-order valence-corrected chi connectivity index (χ0v) is 13.0. The molecule has 0 aliphatic carbocycles. The second-order valence-electron chi connectivity index (χ2n) is 5.20. The van der Waals surface area contributed by atoms with Crippen LogP contribution in [0.3, 0.4) is 0 Å². The second kappa shape index (κ2) is 7.61. The molecule has 0 aliphatic rings. The van der Waals surface area contributed by atoms with Crippen molar-refractivity contribution in [1.29, 1.82) is 0 Å². The van der Waals surface area contributed by atoms with Gasteiger partial charge in [0.05, 0.1) is 0 Å². The fraction of sp³-hybridized carbons (Fsp3) is 0.278. The Hall–Kier alpha value is -2.33. The monoisotopic (exact) mass is 298 g/mol. The molecule has 22 heavy (non-hydrogen) atoms. The standard InChI is InChI=1S/C18H22N2O2/c1-14-13-16(9-10-18(22)19-11-6-12-21)15(2)20(14)17-7-4-3-5-8-17/h3-5,7-10,13,21H,6,11-12H2,1-2H3,(H,19,22)/b10-9+. The SMILES string of the molecule is Cc1cc(/C=C/C(=O)NCCCO)c(C)n1-c1ccccc1. The van der Waals surface area contributed by atoms with E-state index < -0.39 is 0 Å². The van der Waals surface area contributed by atoms with Crippen molar-refractivity contribution in [3.63, 3.8) is 0 Å². The third-order valence-corrected chi connectivity index (χ3v) is 3.53. The molecule has 0 atom stereocenters. The molecule has 0 unspecified atom stereocenters. The van der Waals surface area contributed by atoms with Gasteiger partial charge in [0.25, 0.3) is 0 Å². The molecule has 0 saturated heterocycles. The van der Waals surface area contributed by atoms with Crippen LogP contribution in [0.4, 0.5) is 0 Å². The predicted octanol–water partition coefficient (Wildman–Crippen LogP) is 2.61. The van der Waals surface area contributed by atoms with Gasteiger partial charge in [-0.1, -0.05) is 18.2 Å². The van der Waals surface area contributed by atoms with Crippen LogP contribution in [-0.2, 0) is 4.79 Å². The molecule has 1 amide bonds. The topological polar surface area (TPSA) is 54.3 Å². The third-order valence-electron chi connectivity index (χ3n) is 3.53. The summed E-state index contributed by atoms with van der Waals surface area (Å²) in [5, 5.41) is 11.4. The van der Waals surface area contributed by atoms with Crippen molar-refractivity contribution < 1.29 is 9.90 Å². The number of benzene rings is 1. The molecule has 0 spiro atoms. The minimum atomic E-state index is -0.141. The number of aliphatic hydroxyl groups excluding tert-OH is 1. The van der Waals surface area contributed by atoms with E-state index in [-0.39, 0.29) is 12.5 Å². The highest BCUT2D eigenvalue weighted by Gasteiger charge is 2.08. The fourth-order valence-electron chi connectivity index (χ4n) is 2.45. The summed E-state index contributed by atoms with van der Waals surface area (Å²) in [5.41, 5.74) is 4.37. The number of aryl methyl sites for hydroxylation is 1. The number of aromatic nitrogens is 1. The summed E-state index contributed by atoms with van der Waals surface area (Å²) in [6, 6.07) is 12.2. The van der Waals surface area contributed by atoms with Crippen LogP contribution in [0.2, 0.25) is 0 Å². The molecule has 0 bridgehead atoms. The van der Waals surface area contributed by atoms with Crippen LogP contribution in [0.5, 0.6) is 0 Å². The van der Waals surface area contributed by atoms with Crippen LogP contribution in [0.25, 0.3) is 11.8 Å². The van der Waals surface area contributed by atoms with Crippen LogP contribution in [0.1, 0.15) is 23.4 Å². The van der Waals surface area contributed by atoms with Gasteiger partial charge in [-0.25, -0.2) is 0 Å². The second-order valence-corrected chi connectivity index (χ2v) is 5.20. The lowest BCUT2D eigenvalue weighted by Gasteiger charge is -2.09. The van der Waals surface area contributed by atoms with E-state index in [0.29, 0.717) is 13.0 Å². The highest BCUT2D eigenvalue weighted by atomic mass is 16.3. The number of carbonyl (C=O) groups excluding carboxylic acids is 1. The van der Waals surface area contributed by atoms with Gasteiger partial charge in [0.15, 0.2) is 0 Å². The van der Waals surface area contributed by atoms with Crippen molar-refractivity contribution in [2.75, 3.05) is 13.2 Å². The maximum absolute atomic E-state index is 11.7. The molecule has 1 aromatic heterocycles. The molecule has 2 N–H and O–H groups in total. The molecular formula is C18H22N2O2. The van der Waals surface area contributed by atoms with Gasteiger partial charge in [0.1, 0.15) is 0 Å². The lowest BCUT2D eigenvalue weighted by molar-refractivity contribution is -0.116. The summed E-state index contributed by atoms with van der Waals surface area (Å²) in [6.45, 7) is 4.67. The first kappa shape index (κ1) is 16.0. The highest BCUT2D eigenvalue weighted by Crippen LogP contribution is 2.21. The summed E-state index contributed by atoms with van der Waals surface area (Å²) in [5.74, 6) is -0.141. The number of para-hydroxylation sites is 1. The molecule has 2 rings (SSSR count). The maximum Gasteiger partial charge on any atom is 0.244 e. The maximum atomic E-state index is 11.7. The molecule has 116 valence electrons. The van der Waals surface area contributed by atoms with Crippen molar-refractivity contribution in [3.05, 3.63) is 59.4 Å². The fourth-order valence-corrected chi connectivity index (χ4v) is 2.45. The lowest BCUT2D eigenvalue weighted by atomic mass is 10.2. The lowest BCUT2D eigenvalue weighted by Crippen LogP contribution is -2.22. The van der Waals surface area contributed by atoms with E-state index in [1.165, 1.54) is 6.08 Å². The van der Waals surface area contributed by atoms with Crippen LogP contribution in [0, 0.1) is 13.8 Å². The summed E-state index contributed by atoms with van der Waals surface area (Å²) < 4.78 is 2.17. The Bertz CT molecular complexity index is 657. The number of hydrogen-bond acceptors (Lipinski definition) is 2. The van der Waals surface area contributed by atoms with Gasteiger partial charge in [-0.2, -0.15) is 0 Å². The summed E-state index contributed by atoms with van der Waals surface area (Å²) in [6.07, 6.45) is 3.94. The van der Waals surface area contributed by atoms with Gasteiger partial charge in [0, 0.05) is 36.3 Å². The molecule has 0 radical (unpaired) electrons. The van der Waals surface area contributed by atoms with Gasteiger partial charge in [0.2, 0.25) is 5.91 Å². The number of nitrogens with one attached hydrogen (secondary N) is 1. The Kier molecular flexibility index (Phi) is 5.55. The van der Waals surface area contributed by atoms with Gasteiger partial charge < -0.3 is 15.0 Å². The van der Waals surface area contributed by atoms with Gasteiger partial charge in [-0.05, 0) is 50.1 Å². The normalized spacial score (nSPS) is 11.0. The molecule has 2 aromatic rings. The number of amides is 1. The minimum Gasteiger partial charge on any atom is -0.396 e. The smallest absolute Gasteiger partial charge is 0.244 e. The number of hydrogen-bond donors (Lipinski definition) is 2. The number of aliphatic hydroxyl groups is 1. The van der Waals surface area contributed by atoms with Crippen molar-refractivity contribution in [2.24, 2.45) is 0 Å². The Morgan fingerprint density at radius 2 is 2.00 bits per heavy atom. The Labute approximate surface area is 131 Å². The average Bonchev–Trinajstić information content (AvgIpc) is 2.80. The quantitative estimate of drug-likeness (QED) is 0.636. The van der Waals surface area contributed by atoms with E-state index in [9.17, 15) is 4.79 Å². The van der Waals surface area contributed by atoms with Crippen molar-refractivity contribution >= 4 is 12.0 Å². The van der Waals surface area contributed by atoms with Crippen LogP contribution >= 0.6 is 0 Å². The van der Waals surface area contributed by atoms with Gasteiger partial charge in [-0.15, -0.1) is 0 Å². The summed E-state index contributed by atoms with van der Waals surface area (Å²) in [4.78, 5) is 11.7. The van der Waals surface area contributed by atoms with Gasteiger partial charge >= 0.3 is 0 Å². The first-order valence-corrected chi connectivity index (χ1v) is 7.44. The number of nitrogens with zero attached hydrogens (tertiary/aromatic N) is 1. The Morgan fingerprint density at radius 3 is 2.68 bits per heavy atom. The first-order valence-electron chi connectivity index (χ1n) is 7.44. The van der Waals surface area contributed by atoms with Crippen molar-refractivity contribution in [2.45, 2.75) is 20.3 Å². The Balaban J connectivity index is 2.15. The number of rotatable bonds is 6. The van der Waals surface area contributed by atoms with E-state index in [4.69, 9.17) is 5.11 Å². The van der Waals surface area contributed by atoms with E-state index >= 15 is 0 Å². The predicted molar refractivity (Wildman–Crippen MR) is 89.0 cm³/mol. The summed E-state index contributed by atoms with van der Waals surface area (Å²) in [7, 11) is 0. The van der Waals surface area contributed by atoms with Crippen molar-refractivity contribution in [3.8, 4) is 5.69 Å². The van der Waals surface area contributed by atoms with Crippen LogP contribution < -0.4 is 5.32 Å². The molecule has 0 aliphatic heterocycles. The number of carbonyl (C=O) groups is 1.